The van der Waals surface area contributed by atoms with Crippen LogP contribution in [0.1, 0.15) is 11.6 Å². The second kappa shape index (κ2) is 6.11. The number of rotatable bonds is 4. The quantitative estimate of drug-likeness (QED) is 0.903. The average molecular weight is 313 g/mol. The molecule has 0 aliphatic heterocycles. The Balaban J connectivity index is 2.40. The monoisotopic (exact) mass is 312 g/mol. The molecule has 6 heteroatoms. The Morgan fingerprint density at radius 1 is 1.15 bits per heavy atom. The summed E-state index contributed by atoms with van der Waals surface area (Å²) < 4.78 is 13.6. The van der Waals surface area contributed by atoms with Crippen molar-refractivity contribution in [1.29, 1.82) is 0 Å². The van der Waals surface area contributed by atoms with Crippen LogP contribution in [0.15, 0.2) is 42.5 Å². The second-order valence-corrected chi connectivity index (χ2v) is 4.89. The highest BCUT2D eigenvalue weighted by atomic mass is 35.5. The third kappa shape index (κ3) is 3.03. The molecule has 0 saturated heterocycles. The number of anilines is 1. The molecule has 0 heterocycles. The van der Waals surface area contributed by atoms with Gasteiger partial charge in [0, 0.05) is 5.56 Å². The molecular weight excluding hydrogens is 302 g/mol. The van der Waals surface area contributed by atoms with E-state index in [1.54, 1.807) is 30.3 Å². The fourth-order valence-corrected chi connectivity index (χ4v) is 2.20. The lowest BCUT2D eigenvalue weighted by molar-refractivity contribution is -0.118. The van der Waals surface area contributed by atoms with E-state index in [-0.39, 0.29) is 10.7 Å². The van der Waals surface area contributed by atoms with Gasteiger partial charge >= 0.3 is 0 Å². The van der Waals surface area contributed by atoms with Crippen molar-refractivity contribution < 1.29 is 9.18 Å². The zero-order valence-corrected chi connectivity index (χ0v) is 11.8. The largest absolute Gasteiger partial charge is 0.368 e. The number of nitrogens with two attached hydrogens (primary N) is 1. The molecule has 0 aromatic heterocycles. The molecule has 0 bridgehead atoms. The smallest absolute Gasteiger partial charge is 0.244 e. The number of halogens is 3. The molecule has 3 N–H and O–H groups in total. The van der Waals surface area contributed by atoms with Crippen LogP contribution < -0.4 is 11.1 Å². The van der Waals surface area contributed by atoms with Crippen molar-refractivity contribution in [2.24, 2.45) is 5.73 Å². The molecule has 0 aliphatic carbocycles. The summed E-state index contributed by atoms with van der Waals surface area (Å²) in [4.78, 5) is 11.6. The number of hydrogen-bond donors (Lipinski definition) is 2. The number of amides is 1. The summed E-state index contributed by atoms with van der Waals surface area (Å²) in [5, 5.41) is 3.25. The predicted molar refractivity (Wildman–Crippen MR) is 78.4 cm³/mol. The molecule has 0 radical (unpaired) electrons. The normalized spacial score (nSPS) is 11.9. The topological polar surface area (TPSA) is 55.1 Å². The van der Waals surface area contributed by atoms with E-state index in [0.717, 1.165) is 0 Å². The zero-order chi connectivity index (χ0) is 14.7. The van der Waals surface area contributed by atoms with Crippen LogP contribution in [0.3, 0.4) is 0 Å². The van der Waals surface area contributed by atoms with Crippen LogP contribution in [0.4, 0.5) is 10.1 Å². The lowest BCUT2D eigenvalue weighted by Crippen LogP contribution is -2.28. The first kappa shape index (κ1) is 14.6. The molecule has 2 aromatic carbocycles. The van der Waals surface area contributed by atoms with E-state index in [0.29, 0.717) is 10.6 Å². The van der Waals surface area contributed by atoms with E-state index in [2.05, 4.69) is 5.32 Å². The molecule has 0 spiro atoms. The predicted octanol–water partition coefficient (Wildman–Crippen LogP) is 3.77. The lowest BCUT2D eigenvalue weighted by atomic mass is 10.1. The molecular formula is C14H11Cl2FN2O. The van der Waals surface area contributed by atoms with Gasteiger partial charge in [-0.05, 0) is 18.2 Å². The maximum atomic E-state index is 13.6. The Morgan fingerprint density at radius 3 is 2.50 bits per heavy atom. The SMILES string of the molecule is NC(=O)C(Nc1ccccc1F)c1cccc(Cl)c1Cl. The molecule has 2 rings (SSSR count). The molecule has 3 nitrogen and oxygen atoms in total. The van der Waals surface area contributed by atoms with Crippen molar-refractivity contribution in [1.82, 2.24) is 0 Å². The number of hydrogen-bond acceptors (Lipinski definition) is 2. The second-order valence-electron chi connectivity index (χ2n) is 4.10. The summed E-state index contributed by atoms with van der Waals surface area (Å²) in [5.74, 6) is -1.17. The van der Waals surface area contributed by atoms with E-state index >= 15 is 0 Å². The van der Waals surface area contributed by atoms with E-state index < -0.39 is 17.8 Å². The standard InChI is InChI=1S/C14H11Cl2FN2O/c15-9-5-3-4-8(12(9)16)13(14(18)20)19-11-7-2-1-6-10(11)17/h1-7,13,19H,(H2,18,20). The summed E-state index contributed by atoms with van der Waals surface area (Å²) in [6.45, 7) is 0. The average Bonchev–Trinajstić information content (AvgIpc) is 2.41. The van der Waals surface area contributed by atoms with Gasteiger partial charge in [0.2, 0.25) is 5.91 Å². The zero-order valence-electron chi connectivity index (χ0n) is 10.2. The first-order valence-corrected chi connectivity index (χ1v) is 6.50. The van der Waals surface area contributed by atoms with E-state index in [9.17, 15) is 9.18 Å². The molecule has 20 heavy (non-hydrogen) atoms. The van der Waals surface area contributed by atoms with Crippen molar-refractivity contribution >= 4 is 34.8 Å². The van der Waals surface area contributed by atoms with Crippen LogP contribution in [-0.2, 0) is 4.79 Å². The Morgan fingerprint density at radius 2 is 1.85 bits per heavy atom. The van der Waals surface area contributed by atoms with Crippen LogP contribution >= 0.6 is 23.2 Å². The Hall–Kier alpha value is -1.78. The highest BCUT2D eigenvalue weighted by molar-refractivity contribution is 6.42. The molecule has 104 valence electrons. The number of benzene rings is 2. The van der Waals surface area contributed by atoms with Crippen molar-refractivity contribution in [2.45, 2.75) is 6.04 Å². The third-order valence-electron chi connectivity index (χ3n) is 2.75. The Labute approximate surface area is 125 Å². The highest BCUT2D eigenvalue weighted by Gasteiger charge is 2.22. The van der Waals surface area contributed by atoms with Gasteiger partial charge in [-0.25, -0.2) is 4.39 Å². The van der Waals surface area contributed by atoms with Gasteiger partial charge < -0.3 is 11.1 Å². The van der Waals surface area contributed by atoms with Gasteiger partial charge in [0.05, 0.1) is 15.7 Å². The Bertz CT molecular complexity index is 649. The Kier molecular flexibility index (Phi) is 4.47. The van der Waals surface area contributed by atoms with Gasteiger partial charge in [-0.1, -0.05) is 47.5 Å². The first-order chi connectivity index (χ1) is 9.50. The van der Waals surface area contributed by atoms with Crippen molar-refractivity contribution in [3.05, 3.63) is 63.9 Å². The maximum Gasteiger partial charge on any atom is 0.244 e. The molecule has 2 aromatic rings. The van der Waals surface area contributed by atoms with Crippen LogP contribution in [0.2, 0.25) is 10.0 Å². The lowest BCUT2D eigenvalue weighted by Gasteiger charge is -2.19. The minimum Gasteiger partial charge on any atom is -0.368 e. The van der Waals surface area contributed by atoms with Gasteiger partial charge in [0.1, 0.15) is 11.9 Å². The minimum atomic E-state index is -0.974. The molecule has 0 fully saturated rings. The van der Waals surface area contributed by atoms with Crippen LogP contribution in [-0.4, -0.2) is 5.91 Å². The summed E-state index contributed by atoms with van der Waals surface area (Å²) in [6.07, 6.45) is 0. The van der Waals surface area contributed by atoms with Crippen molar-refractivity contribution in [3.63, 3.8) is 0 Å². The number of primary amides is 1. The summed E-state index contributed by atoms with van der Waals surface area (Å²) in [5.41, 5.74) is 5.92. The fourth-order valence-electron chi connectivity index (χ4n) is 1.78. The number of para-hydroxylation sites is 1. The van der Waals surface area contributed by atoms with Crippen LogP contribution in [0.25, 0.3) is 0 Å². The van der Waals surface area contributed by atoms with Gasteiger partial charge in [-0.15, -0.1) is 0 Å². The number of nitrogens with one attached hydrogen (secondary N) is 1. The minimum absolute atomic E-state index is 0.160. The number of carbonyl (C=O) groups is 1. The van der Waals surface area contributed by atoms with Crippen LogP contribution in [0, 0.1) is 5.82 Å². The maximum absolute atomic E-state index is 13.6. The third-order valence-corrected chi connectivity index (χ3v) is 3.58. The molecule has 1 unspecified atom stereocenters. The molecule has 1 atom stereocenters. The van der Waals surface area contributed by atoms with E-state index in [4.69, 9.17) is 28.9 Å². The summed E-state index contributed by atoms with van der Waals surface area (Å²) >= 11 is 12.0. The highest BCUT2D eigenvalue weighted by Crippen LogP contribution is 2.32. The van der Waals surface area contributed by atoms with Gasteiger partial charge in [0.15, 0.2) is 0 Å². The van der Waals surface area contributed by atoms with E-state index in [1.165, 1.54) is 12.1 Å². The fraction of sp³-hybridized carbons (Fsp3) is 0.0714. The van der Waals surface area contributed by atoms with Crippen LogP contribution in [0.5, 0.6) is 0 Å². The number of carbonyl (C=O) groups excluding carboxylic acids is 1. The first-order valence-electron chi connectivity index (χ1n) is 5.75. The van der Waals surface area contributed by atoms with Gasteiger partial charge in [-0.3, -0.25) is 4.79 Å². The van der Waals surface area contributed by atoms with Crippen molar-refractivity contribution in [2.75, 3.05) is 5.32 Å². The van der Waals surface area contributed by atoms with Crippen molar-refractivity contribution in [3.8, 4) is 0 Å². The van der Waals surface area contributed by atoms with Gasteiger partial charge in [0.25, 0.3) is 0 Å². The van der Waals surface area contributed by atoms with Gasteiger partial charge in [-0.2, -0.15) is 0 Å². The molecule has 1 amide bonds. The summed E-state index contributed by atoms with van der Waals surface area (Å²) in [6, 6.07) is 9.84. The summed E-state index contributed by atoms with van der Waals surface area (Å²) in [7, 11) is 0. The van der Waals surface area contributed by atoms with E-state index in [1.807, 2.05) is 0 Å². The molecule has 0 aliphatic rings. The molecule has 0 saturated carbocycles.